The third kappa shape index (κ3) is 7.92. The number of aliphatic hydroxyl groups is 1. The van der Waals surface area contributed by atoms with E-state index < -0.39 is 5.41 Å². The van der Waals surface area contributed by atoms with Crippen molar-refractivity contribution in [3.05, 3.63) is 0 Å². The van der Waals surface area contributed by atoms with Gasteiger partial charge in [0.1, 0.15) is 11.6 Å². The Labute approximate surface area is 232 Å². The number of aliphatic hydroxyl groups excluding tert-OH is 1. The first-order valence-electron chi connectivity index (χ1n) is 15.7. The molecule has 0 bridgehead atoms. The lowest BCUT2D eigenvalue weighted by Crippen LogP contribution is -2.63. The zero-order chi connectivity index (χ0) is 29.1. The van der Waals surface area contributed by atoms with Crippen molar-refractivity contribution in [1.82, 2.24) is 0 Å². The van der Waals surface area contributed by atoms with Crippen LogP contribution in [0.3, 0.4) is 0 Å². The van der Waals surface area contributed by atoms with Crippen molar-refractivity contribution in [2.24, 2.45) is 33.0 Å². The first kappa shape index (κ1) is 36.3. The predicted molar refractivity (Wildman–Crippen MR) is 161 cm³/mol. The topological polar surface area (TPSA) is 54.4 Å². The van der Waals surface area contributed by atoms with E-state index in [1.807, 2.05) is 0 Å². The largest absolute Gasteiger partial charge is 0.396 e. The molecule has 3 heteroatoms. The number of carbonyl (C=O) groups is 2. The number of carbonyl (C=O) groups excluding carboxylic acids is 2. The van der Waals surface area contributed by atoms with Crippen LogP contribution in [0.1, 0.15) is 167 Å². The third-order valence-electron chi connectivity index (χ3n) is 10.4. The van der Waals surface area contributed by atoms with E-state index in [2.05, 4.69) is 83.1 Å². The molecule has 0 saturated carbocycles. The standard InChI is InChI=1S/C34H66O3/c1-13-17-19-22-28(37)34(12,30(5,6)7)33(11,24-16-4)32(10,23-15-3)29(27(36)21-20-26-35)31(8,9)25-18-14-2/h29,35H,13-26H2,1-12H3. The van der Waals surface area contributed by atoms with Gasteiger partial charge in [-0.2, -0.15) is 0 Å². The van der Waals surface area contributed by atoms with Crippen molar-refractivity contribution < 1.29 is 14.7 Å². The summed E-state index contributed by atoms with van der Waals surface area (Å²) in [7, 11) is 0. The number of ketones is 2. The molecule has 0 aromatic carbocycles. The highest BCUT2D eigenvalue weighted by molar-refractivity contribution is 5.87. The van der Waals surface area contributed by atoms with E-state index >= 15 is 0 Å². The number of hydrogen-bond acceptors (Lipinski definition) is 3. The minimum absolute atomic E-state index is 0.0419. The first-order chi connectivity index (χ1) is 17.0. The molecule has 0 aliphatic carbocycles. The van der Waals surface area contributed by atoms with E-state index in [0.717, 1.165) is 64.2 Å². The molecule has 0 spiro atoms. The average molecular weight is 523 g/mol. The molecule has 0 saturated heterocycles. The molecule has 0 aromatic heterocycles. The quantitative estimate of drug-likeness (QED) is 0.162. The van der Waals surface area contributed by atoms with Gasteiger partial charge in [0.05, 0.1) is 0 Å². The number of Topliss-reactive ketones (excluding diaryl/α,β-unsaturated/α-hetero) is 2. The molecule has 0 amide bonds. The lowest BCUT2D eigenvalue weighted by atomic mass is 9.38. The summed E-state index contributed by atoms with van der Waals surface area (Å²) in [5, 5.41) is 9.61. The van der Waals surface area contributed by atoms with E-state index in [9.17, 15) is 14.7 Å². The molecule has 0 radical (unpaired) electrons. The molecule has 1 N–H and O–H groups in total. The van der Waals surface area contributed by atoms with Crippen LogP contribution in [0.4, 0.5) is 0 Å². The summed E-state index contributed by atoms with van der Waals surface area (Å²) in [4.78, 5) is 28.7. The number of unbranched alkanes of at least 4 members (excludes halogenated alkanes) is 3. The van der Waals surface area contributed by atoms with Gasteiger partial charge in [-0.05, 0) is 53.8 Å². The van der Waals surface area contributed by atoms with Gasteiger partial charge in [0.15, 0.2) is 0 Å². The molecule has 4 unspecified atom stereocenters. The molecule has 0 aliphatic heterocycles. The smallest absolute Gasteiger partial charge is 0.139 e. The van der Waals surface area contributed by atoms with Crippen LogP contribution in [0, 0.1) is 33.0 Å². The summed E-state index contributed by atoms with van der Waals surface area (Å²) in [5.41, 5.74) is -1.74. The number of rotatable bonds is 20. The summed E-state index contributed by atoms with van der Waals surface area (Å²) in [6.45, 7) is 27.2. The minimum atomic E-state index is -0.579. The van der Waals surface area contributed by atoms with Crippen molar-refractivity contribution in [1.29, 1.82) is 0 Å². The minimum Gasteiger partial charge on any atom is -0.396 e. The fraction of sp³-hybridized carbons (Fsp3) is 0.941. The summed E-state index contributed by atoms with van der Waals surface area (Å²) in [5.74, 6) is 0.488. The van der Waals surface area contributed by atoms with Crippen molar-refractivity contribution in [3.63, 3.8) is 0 Å². The monoisotopic (exact) mass is 523 g/mol. The average Bonchev–Trinajstić information content (AvgIpc) is 2.80. The third-order valence-corrected chi connectivity index (χ3v) is 10.4. The van der Waals surface area contributed by atoms with Crippen LogP contribution in [0.25, 0.3) is 0 Å². The molecule has 3 nitrogen and oxygen atoms in total. The number of hydrogen-bond donors (Lipinski definition) is 1. The Morgan fingerprint density at radius 3 is 1.62 bits per heavy atom. The van der Waals surface area contributed by atoms with Gasteiger partial charge >= 0.3 is 0 Å². The highest BCUT2D eigenvalue weighted by Crippen LogP contribution is 2.68. The summed E-state index contributed by atoms with van der Waals surface area (Å²) in [6, 6.07) is 0. The van der Waals surface area contributed by atoms with Crippen LogP contribution in [0.5, 0.6) is 0 Å². The Morgan fingerprint density at radius 2 is 1.19 bits per heavy atom. The highest BCUT2D eigenvalue weighted by atomic mass is 16.3. The van der Waals surface area contributed by atoms with E-state index in [1.165, 1.54) is 0 Å². The van der Waals surface area contributed by atoms with Crippen LogP contribution >= 0.6 is 0 Å². The van der Waals surface area contributed by atoms with Crippen LogP contribution in [0.15, 0.2) is 0 Å². The van der Waals surface area contributed by atoms with Crippen molar-refractivity contribution in [3.8, 4) is 0 Å². The molecular weight excluding hydrogens is 456 g/mol. The van der Waals surface area contributed by atoms with E-state index in [-0.39, 0.29) is 40.0 Å². The van der Waals surface area contributed by atoms with E-state index in [1.54, 1.807) is 0 Å². The SMILES string of the molecule is CCCCCC(=O)C(C)(C(C)(C)C)C(C)(CCC)C(C)(CCC)C(C(=O)CCCO)C(C)(C)CCCC. The van der Waals surface area contributed by atoms with Crippen LogP contribution in [0.2, 0.25) is 0 Å². The van der Waals surface area contributed by atoms with Crippen LogP contribution in [-0.2, 0) is 9.59 Å². The van der Waals surface area contributed by atoms with E-state index in [4.69, 9.17) is 0 Å². The van der Waals surface area contributed by atoms with Gasteiger partial charge in [-0.25, -0.2) is 0 Å². The van der Waals surface area contributed by atoms with Crippen molar-refractivity contribution >= 4 is 11.6 Å². The molecule has 220 valence electrons. The lowest BCUT2D eigenvalue weighted by Gasteiger charge is -2.65. The molecule has 0 fully saturated rings. The van der Waals surface area contributed by atoms with Crippen molar-refractivity contribution in [2.45, 2.75) is 167 Å². The normalized spacial score (nSPS) is 18.5. The van der Waals surface area contributed by atoms with Crippen LogP contribution in [-0.4, -0.2) is 23.3 Å². The summed E-state index contributed by atoms with van der Waals surface area (Å²) in [6.07, 6.45) is 11.7. The Hall–Kier alpha value is -0.700. The molecule has 0 rings (SSSR count). The fourth-order valence-electron chi connectivity index (χ4n) is 8.03. The Kier molecular flexibility index (Phi) is 14.9. The summed E-state index contributed by atoms with van der Waals surface area (Å²) >= 11 is 0. The molecule has 0 aliphatic rings. The van der Waals surface area contributed by atoms with Crippen molar-refractivity contribution in [2.75, 3.05) is 6.61 Å². The van der Waals surface area contributed by atoms with Gasteiger partial charge in [-0.1, -0.05) is 122 Å². The maximum atomic E-state index is 14.4. The first-order valence-corrected chi connectivity index (χ1v) is 15.7. The van der Waals surface area contributed by atoms with Gasteiger partial charge in [0.25, 0.3) is 0 Å². The second-order valence-electron chi connectivity index (χ2n) is 14.3. The fourth-order valence-corrected chi connectivity index (χ4v) is 8.03. The van der Waals surface area contributed by atoms with Gasteiger partial charge in [0.2, 0.25) is 0 Å². The molecule has 0 aromatic rings. The van der Waals surface area contributed by atoms with Gasteiger partial charge < -0.3 is 5.11 Å². The molecule has 4 atom stereocenters. The van der Waals surface area contributed by atoms with Gasteiger partial charge in [0, 0.05) is 30.8 Å². The van der Waals surface area contributed by atoms with Gasteiger partial charge in [-0.3, -0.25) is 9.59 Å². The maximum Gasteiger partial charge on any atom is 0.139 e. The predicted octanol–water partition coefficient (Wildman–Crippen LogP) is 9.98. The Bertz CT molecular complexity index is 688. The van der Waals surface area contributed by atoms with Crippen LogP contribution < -0.4 is 0 Å². The highest BCUT2D eigenvalue weighted by Gasteiger charge is 2.65. The molecule has 0 heterocycles. The van der Waals surface area contributed by atoms with Gasteiger partial charge in [-0.15, -0.1) is 0 Å². The second-order valence-corrected chi connectivity index (χ2v) is 14.3. The molecular formula is C34H66O3. The zero-order valence-electron chi connectivity index (χ0n) is 27.2. The lowest BCUT2D eigenvalue weighted by molar-refractivity contribution is -0.187. The zero-order valence-corrected chi connectivity index (χ0v) is 27.2. The second kappa shape index (κ2) is 15.2. The molecule has 37 heavy (non-hydrogen) atoms. The summed E-state index contributed by atoms with van der Waals surface area (Å²) < 4.78 is 0. The van der Waals surface area contributed by atoms with E-state index in [0.29, 0.717) is 25.0 Å². The maximum absolute atomic E-state index is 14.4. The Morgan fingerprint density at radius 1 is 0.649 bits per heavy atom. The Balaban J connectivity index is 7.43.